The van der Waals surface area contributed by atoms with E-state index in [0.717, 1.165) is 22.7 Å². The largest absolute Gasteiger partial charge is 0.497 e. The van der Waals surface area contributed by atoms with Gasteiger partial charge in [0.05, 0.1) is 22.7 Å². The molecular weight excluding hydrogens is 585 g/mol. The maximum Gasteiger partial charge on any atom is 0.264 e. The van der Waals surface area contributed by atoms with Gasteiger partial charge < -0.3 is 15.0 Å². The molecule has 0 aromatic heterocycles. The summed E-state index contributed by atoms with van der Waals surface area (Å²) in [6.07, 6.45) is 2.03. The van der Waals surface area contributed by atoms with Crippen molar-refractivity contribution in [1.82, 2.24) is 10.2 Å². The van der Waals surface area contributed by atoms with Gasteiger partial charge in [-0.1, -0.05) is 73.8 Å². The van der Waals surface area contributed by atoms with Crippen LogP contribution < -0.4 is 14.4 Å². The quantitative estimate of drug-likeness (QED) is 0.226. The van der Waals surface area contributed by atoms with Crippen molar-refractivity contribution in [2.75, 3.05) is 24.5 Å². The van der Waals surface area contributed by atoms with Crippen LogP contribution in [0.4, 0.5) is 5.69 Å². The average molecular weight is 621 g/mol. The molecule has 3 aromatic carbocycles. The molecule has 0 aliphatic heterocycles. The van der Waals surface area contributed by atoms with Gasteiger partial charge in [-0.2, -0.15) is 0 Å². The van der Waals surface area contributed by atoms with Crippen molar-refractivity contribution in [3.63, 3.8) is 0 Å². The molecule has 3 aromatic rings. The van der Waals surface area contributed by atoms with Crippen LogP contribution in [0.5, 0.6) is 5.75 Å². The zero-order valence-corrected chi connectivity index (χ0v) is 25.7. The highest BCUT2D eigenvalue weighted by molar-refractivity contribution is 7.92. The molecule has 3 rings (SSSR count). The first kappa shape index (κ1) is 32.2. The number of unbranched alkanes of at least 4 members (excludes halogenated alkanes) is 1. The van der Waals surface area contributed by atoms with Gasteiger partial charge in [-0.3, -0.25) is 13.9 Å². The maximum atomic E-state index is 14.1. The fraction of sp³-hybridized carbons (Fsp3) is 0.333. The summed E-state index contributed by atoms with van der Waals surface area (Å²) in [5.41, 5.74) is 0.846. The molecule has 0 aliphatic rings. The summed E-state index contributed by atoms with van der Waals surface area (Å²) < 4.78 is 34.0. The second-order valence-electron chi connectivity index (χ2n) is 9.36. The van der Waals surface area contributed by atoms with Crippen LogP contribution in [-0.2, 0) is 26.2 Å². The number of methoxy groups -OCH3 is 1. The van der Waals surface area contributed by atoms with Crippen LogP contribution in [0, 0.1) is 0 Å². The van der Waals surface area contributed by atoms with Gasteiger partial charge in [0.1, 0.15) is 18.3 Å². The summed E-state index contributed by atoms with van der Waals surface area (Å²) in [6, 6.07) is 18.5. The molecule has 0 fully saturated rings. The summed E-state index contributed by atoms with van der Waals surface area (Å²) in [5, 5.41) is 3.29. The van der Waals surface area contributed by atoms with Crippen LogP contribution >= 0.6 is 23.2 Å². The zero-order valence-electron chi connectivity index (χ0n) is 23.3. The molecule has 0 unspecified atom stereocenters. The Bertz CT molecular complexity index is 1420. The standard InChI is InChI=1S/C30H35Cl2N3O5S/c1-4-6-18-33-30(37)27(5-2)34(20-22-12-15-24(40-3)16-13-22)29(36)21-35(28-17-14-23(31)19-26(28)32)41(38,39)25-10-8-7-9-11-25/h7-17,19,27H,4-6,18,20-21H2,1-3H3,(H,33,37)/t27-/m1/s1. The van der Waals surface area contributed by atoms with Gasteiger partial charge in [0.25, 0.3) is 10.0 Å². The lowest BCUT2D eigenvalue weighted by Crippen LogP contribution is -2.52. The van der Waals surface area contributed by atoms with Gasteiger partial charge in [0, 0.05) is 18.1 Å². The summed E-state index contributed by atoms with van der Waals surface area (Å²) in [6.45, 7) is 3.80. The SMILES string of the molecule is CCCCNC(=O)[C@@H](CC)N(Cc1ccc(OC)cc1)C(=O)CN(c1ccc(Cl)cc1Cl)S(=O)(=O)c1ccccc1. The molecule has 0 heterocycles. The Balaban J connectivity index is 2.05. The van der Waals surface area contributed by atoms with Crippen molar-refractivity contribution in [3.05, 3.63) is 88.4 Å². The molecule has 11 heteroatoms. The molecule has 220 valence electrons. The number of ether oxygens (including phenoxy) is 1. The van der Waals surface area contributed by atoms with E-state index in [2.05, 4.69) is 5.32 Å². The molecule has 0 bridgehead atoms. The summed E-state index contributed by atoms with van der Waals surface area (Å²) in [5.74, 6) is -0.220. The van der Waals surface area contributed by atoms with E-state index in [4.69, 9.17) is 27.9 Å². The number of halogens is 2. The Kier molecular flexibility index (Phi) is 11.9. The van der Waals surface area contributed by atoms with Crippen LogP contribution in [0.1, 0.15) is 38.7 Å². The molecular formula is C30H35Cl2N3O5S. The van der Waals surface area contributed by atoms with Gasteiger partial charge in [0.15, 0.2) is 0 Å². The second-order valence-corrected chi connectivity index (χ2v) is 12.1. The highest BCUT2D eigenvalue weighted by Crippen LogP contribution is 2.33. The Morgan fingerprint density at radius 2 is 1.66 bits per heavy atom. The number of benzene rings is 3. The third kappa shape index (κ3) is 8.38. The van der Waals surface area contributed by atoms with E-state index in [-0.39, 0.29) is 28.1 Å². The fourth-order valence-electron chi connectivity index (χ4n) is 4.27. The lowest BCUT2D eigenvalue weighted by molar-refractivity contribution is -0.140. The number of sulfonamides is 1. The number of nitrogens with one attached hydrogen (secondary N) is 1. The van der Waals surface area contributed by atoms with Gasteiger partial charge in [-0.25, -0.2) is 8.42 Å². The Morgan fingerprint density at radius 1 is 0.976 bits per heavy atom. The van der Waals surface area contributed by atoms with Crippen LogP contribution in [0.15, 0.2) is 77.7 Å². The second kappa shape index (κ2) is 15.1. The summed E-state index contributed by atoms with van der Waals surface area (Å²) >= 11 is 12.5. The highest BCUT2D eigenvalue weighted by atomic mass is 35.5. The lowest BCUT2D eigenvalue weighted by Gasteiger charge is -2.33. The minimum atomic E-state index is -4.23. The molecule has 2 amide bonds. The smallest absolute Gasteiger partial charge is 0.264 e. The number of carbonyl (C=O) groups is 2. The van der Waals surface area contributed by atoms with E-state index < -0.39 is 28.5 Å². The van der Waals surface area contributed by atoms with Crippen molar-refractivity contribution in [1.29, 1.82) is 0 Å². The maximum absolute atomic E-state index is 14.1. The minimum Gasteiger partial charge on any atom is -0.497 e. The normalized spacial score (nSPS) is 11.9. The molecule has 8 nitrogen and oxygen atoms in total. The van der Waals surface area contributed by atoms with E-state index in [1.165, 1.54) is 35.2 Å². The summed E-state index contributed by atoms with van der Waals surface area (Å²) in [7, 11) is -2.67. The first-order chi connectivity index (χ1) is 19.6. The minimum absolute atomic E-state index is 0.00938. The molecule has 0 aliphatic carbocycles. The first-order valence-corrected chi connectivity index (χ1v) is 15.5. The molecule has 0 radical (unpaired) electrons. The summed E-state index contributed by atoms with van der Waals surface area (Å²) in [4.78, 5) is 28.8. The topological polar surface area (TPSA) is 96.0 Å². The third-order valence-electron chi connectivity index (χ3n) is 6.52. The fourth-order valence-corrected chi connectivity index (χ4v) is 6.28. The Hall–Kier alpha value is -3.27. The van der Waals surface area contributed by atoms with E-state index in [1.54, 1.807) is 49.6 Å². The molecule has 0 spiro atoms. The van der Waals surface area contributed by atoms with Gasteiger partial charge in [-0.05, 0) is 60.9 Å². The Morgan fingerprint density at radius 3 is 2.24 bits per heavy atom. The van der Waals surface area contributed by atoms with Crippen LogP contribution in [0.25, 0.3) is 0 Å². The number of hydrogen-bond acceptors (Lipinski definition) is 5. The van der Waals surface area contributed by atoms with E-state index in [1.807, 2.05) is 13.8 Å². The molecule has 41 heavy (non-hydrogen) atoms. The highest BCUT2D eigenvalue weighted by Gasteiger charge is 2.34. The van der Waals surface area contributed by atoms with Crippen LogP contribution in [0.3, 0.4) is 0 Å². The van der Waals surface area contributed by atoms with Crippen molar-refractivity contribution in [3.8, 4) is 5.75 Å². The van der Waals surface area contributed by atoms with Gasteiger partial charge >= 0.3 is 0 Å². The van der Waals surface area contributed by atoms with E-state index in [0.29, 0.717) is 23.7 Å². The first-order valence-electron chi connectivity index (χ1n) is 13.3. The lowest BCUT2D eigenvalue weighted by atomic mass is 10.1. The predicted molar refractivity (Wildman–Crippen MR) is 163 cm³/mol. The average Bonchev–Trinajstić information content (AvgIpc) is 2.97. The number of rotatable bonds is 14. The van der Waals surface area contributed by atoms with Gasteiger partial charge in [0.2, 0.25) is 11.8 Å². The van der Waals surface area contributed by atoms with Crippen molar-refractivity contribution in [2.24, 2.45) is 0 Å². The number of nitrogens with zero attached hydrogens (tertiary/aromatic N) is 2. The predicted octanol–water partition coefficient (Wildman–Crippen LogP) is 5.92. The molecule has 1 atom stereocenters. The van der Waals surface area contributed by atoms with Crippen LogP contribution in [-0.4, -0.2) is 51.4 Å². The number of hydrogen-bond donors (Lipinski definition) is 1. The van der Waals surface area contributed by atoms with Crippen molar-refractivity contribution in [2.45, 2.75) is 50.6 Å². The van der Waals surface area contributed by atoms with Crippen molar-refractivity contribution < 1.29 is 22.7 Å². The molecule has 0 saturated carbocycles. The molecule has 0 saturated heterocycles. The third-order valence-corrected chi connectivity index (χ3v) is 8.83. The number of carbonyl (C=O) groups excluding carboxylic acids is 2. The number of anilines is 1. The number of amides is 2. The zero-order chi connectivity index (χ0) is 30.0. The Labute approximate surface area is 252 Å². The van der Waals surface area contributed by atoms with Gasteiger partial charge in [-0.15, -0.1) is 0 Å². The van der Waals surface area contributed by atoms with E-state index >= 15 is 0 Å². The van der Waals surface area contributed by atoms with E-state index in [9.17, 15) is 18.0 Å². The van der Waals surface area contributed by atoms with Crippen LogP contribution in [0.2, 0.25) is 10.0 Å². The molecule has 1 N–H and O–H groups in total. The monoisotopic (exact) mass is 619 g/mol. The van der Waals surface area contributed by atoms with Crippen molar-refractivity contribution >= 4 is 50.7 Å².